The number of benzene rings is 1. The van der Waals surface area contributed by atoms with Crippen LogP contribution in [0, 0.1) is 0 Å². The third-order valence-corrected chi connectivity index (χ3v) is 5.15. The van der Waals surface area contributed by atoms with Crippen LogP contribution < -0.4 is 5.32 Å². The zero-order chi connectivity index (χ0) is 24.4. The molecule has 8 heteroatoms. The summed E-state index contributed by atoms with van der Waals surface area (Å²) in [6.45, 7) is 1.05. The topological polar surface area (TPSA) is 110 Å². The average Bonchev–Trinajstić information content (AvgIpc) is 2.93. The standard InChI is InChI=1S/C20H27N3O5/c24-18-15(8-4-12-22-13-5-9-17(20(27)28)23(18)22)21-16(19(25)26)11-10-14-6-2-1-3-7-14/h1-3,6-7,15-17,21H,4-5,8-13H2,(H,25,26)(H,27,28)/t15-,16-,17-/m0/s1/i1D,2D,3D,6D,7D. The molecular formula is C20H27N3O5. The normalized spacial score (nSPS) is 26.8. The Balaban J connectivity index is 1.78. The first-order valence-electron chi connectivity index (χ1n) is 11.9. The molecule has 2 heterocycles. The second-order valence-electron chi connectivity index (χ2n) is 7.03. The Kier molecular flexibility index (Phi) is 4.76. The van der Waals surface area contributed by atoms with Crippen molar-refractivity contribution in [1.29, 1.82) is 0 Å². The van der Waals surface area contributed by atoms with Crippen molar-refractivity contribution in [2.75, 3.05) is 13.1 Å². The van der Waals surface area contributed by atoms with Gasteiger partial charge in [-0.2, -0.15) is 0 Å². The third kappa shape index (κ3) is 4.69. The maximum absolute atomic E-state index is 13.2. The minimum Gasteiger partial charge on any atom is -0.480 e. The molecule has 2 aliphatic heterocycles. The van der Waals surface area contributed by atoms with Crippen LogP contribution in [0.3, 0.4) is 0 Å². The Morgan fingerprint density at radius 3 is 2.50 bits per heavy atom. The van der Waals surface area contributed by atoms with Crippen LogP contribution in [0.15, 0.2) is 30.2 Å². The van der Waals surface area contributed by atoms with Gasteiger partial charge in [-0.25, -0.2) is 9.80 Å². The zero-order valence-corrected chi connectivity index (χ0v) is 15.4. The Morgan fingerprint density at radius 2 is 1.86 bits per heavy atom. The van der Waals surface area contributed by atoms with Crippen molar-refractivity contribution in [2.24, 2.45) is 0 Å². The highest BCUT2D eigenvalue weighted by molar-refractivity contribution is 5.87. The molecule has 0 saturated carbocycles. The first kappa shape index (κ1) is 14.5. The van der Waals surface area contributed by atoms with Gasteiger partial charge in [0.1, 0.15) is 12.1 Å². The van der Waals surface area contributed by atoms with Crippen LogP contribution in [0.4, 0.5) is 0 Å². The number of amides is 1. The molecule has 0 radical (unpaired) electrons. The first-order chi connectivity index (χ1) is 15.5. The van der Waals surface area contributed by atoms with Crippen molar-refractivity contribution in [3.05, 3.63) is 35.8 Å². The lowest BCUT2D eigenvalue weighted by atomic mass is 10.0. The van der Waals surface area contributed by atoms with Crippen LogP contribution in [-0.4, -0.2) is 69.3 Å². The van der Waals surface area contributed by atoms with Gasteiger partial charge in [-0.1, -0.05) is 30.2 Å². The predicted molar refractivity (Wildman–Crippen MR) is 101 cm³/mol. The van der Waals surface area contributed by atoms with E-state index in [2.05, 4.69) is 5.32 Å². The number of hydrogen-bond donors (Lipinski definition) is 3. The number of carboxylic acid groups (broad SMARTS) is 2. The largest absolute Gasteiger partial charge is 0.480 e. The number of nitrogens with zero attached hydrogens (tertiary/aromatic N) is 2. The van der Waals surface area contributed by atoms with Crippen LogP contribution >= 0.6 is 0 Å². The van der Waals surface area contributed by atoms with Crippen LogP contribution in [0.5, 0.6) is 0 Å². The average molecular weight is 394 g/mol. The van der Waals surface area contributed by atoms with Gasteiger partial charge in [0.05, 0.1) is 12.9 Å². The molecule has 0 bridgehead atoms. The van der Waals surface area contributed by atoms with Gasteiger partial charge in [0, 0.05) is 13.1 Å². The van der Waals surface area contributed by atoms with Crippen LogP contribution in [-0.2, 0) is 20.8 Å². The number of carboxylic acids is 2. The molecule has 3 atom stereocenters. The summed E-state index contributed by atoms with van der Waals surface area (Å²) >= 11 is 0. The molecule has 3 N–H and O–H groups in total. The molecule has 3 rings (SSSR count). The van der Waals surface area contributed by atoms with E-state index < -0.39 is 54.1 Å². The minimum absolute atomic E-state index is 0.00869. The molecular weight excluding hydrogens is 362 g/mol. The molecule has 2 aliphatic rings. The summed E-state index contributed by atoms with van der Waals surface area (Å²) in [6.07, 6.45) is 1.66. The predicted octanol–water partition coefficient (Wildman–Crippen LogP) is 1.12. The Morgan fingerprint density at radius 1 is 1.18 bits per heavy atom. The molecule has 0 unspecified atom stereocenters. The summed E-state index contributed by atoms with van der Waals surface area (Å²) in [7, 11) is 0. The fourth-order valence-corrected chi connectivity index (χ4v) is 3.76. The highest BCUT2D eigenvalue weighted by Crippen LogP contribution is 2.24. The molecule has 0 aromatic heterocycles. The SMILES string of the molecule is [2H]c1c([2H])c([2H])c(CC[C@H](N[C@H]2CCCN3CCC[C@@H](C(=O)O)N3C2=O)C(=O)O)c([2H])c1[2H]. The number of rotatable bonds is 7. The van der Waals surface area contributed by atoms with Crippen LogP contribution in [0.25, 0.3) is 0 Å². The molecule has 2 fully saturated rings. The van der Waals surface area contributed by atoms with Crippen molar-refractivity contribution >= 4 is 17.8 Å². The van der Waals surface area contributed by atoms with Gasteiger partial charge in [0.2, 0.25) is 0 Å². The molecule has 8 nitrogen and oxygen atoms in total. The van der Waals surface area contributed by atoms with E-state index in [4.69, 9.17) is 6.85 Å². The van der Waals surface area contributed by atoms with Gasteiger partial charge >= 0.3 is 11.9 Å². The maximum Gasteiger partial charge on any atom is 0.328 e. The Labute approximate surface area is 171 Å². The monoisotopic (exact) mass is 394 g/mol. The van der Waals surface area contributed by atoms with Gasteiger partial charge in [-0.05, 0) is 44.1 Å². The van der Waals surface area contributed by atoms with E-state index in [-0.39, 0.29) is 30.5 Å². The number of aliphatic carboxylic acids is 2. The summed E-state index contributed by atoms with van der Waals surface area (Å²) in [5.74, 6) is -2.84. The molecule has 0 spiro atoms. The van der Waals surface area contributed by atoms with Gasteiger partial charge in [-0.3, -0.25) is 19.9 Å². The fraction of sp³-hybridized carbons (Fsp3) is 0.550. The summed E-state index contributed by atoms with van der Waals surface area (Å²) in [6, 6.07) is -5.41. The third-order valence-electron chi connectivity index (χ3n) is 5.15. The van der Waals surface area contributed by atoms with E-state index in [0.29, 0.717) is 38.8 Å². The number of hydrazine groups is 1. The van der Waals surface area contributed by atoms with Crippen LogP contribution in [0.2, 0.25) is 0 Å². The van der Waals surface area contributed by atoms with Crippen molar-refractivity contribution < 1.29 is 31.5 Å². The summed E-state index contributed by atoms with van der Waals surface area (Å²) in [5.41, 5.74) is 0.00869. The molecule has 1 aromatic rings. The van der Waals surface area contributed by atoms with Gasteiger partial charge in [0.25, 0.3) is 5.91 Å². The number of fused-ring (bicyclic) bond motifs is 1. The van der Waals surface area contributed by atoms with Crippen molar-refractivity contribution in [1.82, 2.24) is 15.3 Å². The molecule has 28 heavy (non-hydrogen) atoms. The summed E-state index contributed by atoms with van der Waals surface area (Å²) in [4.78, 5) is 36.8. The van der Waals surface area contributed by atoms with Crippen molar-refractivity contribution in [2.45, 2.75) is 56.7 Å². The van der Waals surface area contributed by atoms with E-state index >= 15 is 0 Å². The second-order valence-corrected chi connectivity index (χ2v) is 7.03. The number of nitrogens with one attached hydrogen (secondary N) is 1. The smallest absolute Gasteiger partial charge is 0.328 e. The number of carbonyl (C=O) groups is 3. The molecule has 2 saturated heterocycles. The lowest BCUT2D eigenvalue weighted by Crippen LogP contribution is -2.61. The fourth-order valence-electron chi connectivity index (χ4n) is 3.76. The van der Waals surface area contributed by atoms with E-state index in [0.717, 1.165) is 0 Å². The number of carbonyl (C=O) groups excluding carboxylic acids is 1. The lowest BCUT2D eigenvalue weighted by Gasteiger charge is -2.42. The van der Waals surface area contributed by atoms with E-state index in [1.165, 1.54) is 5.01 Å². The Hall–Kier alpha value is -2.45. The highest BCUT2D eigenvalue weighted by atomic mass is 16.4. The highest BCUT2D eigenvalue weighted by Gasteiger charge is 2.42. The van der Waals surface area contributed by atoms with E-state index in [1.54, 1.807) is 5.01 Å². The van der Waals surface area contributed by atoms with Crippen molar-refractivity contribution in [3.63, 3.8) is 0 Å². The molecule has 1 amide bonds. The molecule has 0 aliphatic carbocycles. The lowest BCUT2D eigenvalue weighted by molar-refractivity contribution is -0.174. The first-order valence-corrected chi connectivity index (χ1v) is 9.40. The molecule has 1 aromatic carbocycles. The summed E-state index contributed by atoms with van der Waals surface area (Å²) in [5, 5.41) is 25.1. The number of hydrogen-bond acceptors (Lipinski definition) is 5. The summed E-state index contributed by atoms with van der Waals surface area (Å²) < 4.78 is 39.2. The van der Waals surface area contributed by atoms with Crippen molar-refractivity contribution in [3.8, 4) is 0 Å². The van der Waals surface area contributed by atoms with Crippen LogP contribution in [0.1, 0.15) is 44.5 Å². The van der Waals surface area contributed by atoms with E-state index in [9.17, 15) is 24.6 Å². The van der Waals surface area contributed by atoms with Gasteiger partial charge < -0.3 is 10.2 Å². The second kappa shape index (κ2) is 9.16. The maximum atomic E-state index is 13.2. The van der Waals surface area contributed by atoms with Gasteiger partial charge in [-0.15, -0.1) is 0 Å². The van der Waals surface area contributed by atoms with Gasteiger partial charge in [0.15, 0.2) is 0 Å². The quantitative estimate of drug-likeness (QED) is 0.635. The molecule has 152 valence electrons. The minimum atomic E-state index is -1.25. The Bertz CT molecular complexity index is 934. The van der Waals surface area contributed by atoms with E-state index in [1.807, 2.05) is 0 Å². The zero-order valence-electron chi connectivity index (χ0n) is 20.4.